The van der Waals surface area contributed by atoms with E-state index in [4.69, 9.17) is 5.73 Å². The van der Waals surface area contributed by atoms with Crippen LogP contribution in [0.25, 0.3) is 0 Å². The van der Waals surface area contributed by atoms with Crippen LogP contribution in [0, 0.1) is 5.92 Å². The van der Waals surface area contributed by atoms with Crippen molar-refractivity contribution >= 4 is 11.8 Å². The first-order valence-corrected chi connectivity index (χ1v) is 8.43. The van der Waals surface area contributed by atoms with E-state index < -0.39 is 0 Å². The normalized spacial score (nSPS) is 25.8. The SMILES string of the molecule is NC1(CC(=O)N2CCN(C(=O)C3CC3)CC2)CCCCC1. The van der Waals surface area contributed by atoms with Crippen molar-refractivity contribution in [3.8, 4) is 0 Å². The summed E-state index contributed by atoms with van der Waals surface area (Å²) < 4.78 is 0. The molecule has 1 saturated heterocycles. The molecule has 21 heavy (non-hydrogen) atoms. The zero-order valence-electron chi connectivity index (χ0n) is 12.9. The van der Waals surface area contributed by atoms with E-state index >= 15 is 0 Å². The average molecular weight is 293 g/mol. The summed E-state index contributed by atoms with van der Waals surface area (Å²) in [5.41, 5.74) is 6.10. The van der Waals surface area contributed by atoms with Gasteiger partial charge in [0, 0.05) is 44.1 Å². The Kier molecular flexibility index (Phi) is 4.20. The summed E-state index contributed by atoms with van der Waals surface area (Å²) in [5.74, 6) is 0.754. The van der Waals surface area contributed by atoms with Crippen molar-refractivity contribution in [3.63, 3.8) is 0 Å². The lowest BCUT2D eigenvalue weighted by atomic mass is 9.80. The predicted octanol–water partition coefficient (Wildman–Crippen LogP) is 1.12. The van der Waals surface area contributed by atoms with Crippen molar-refractivity contribution in [2.24, 2.45) is 11.7 Å². The van der Waals surface area contributed by atoms with Crippen LogP contribution in [0.4, 0.5) is 0 Å². The number of rotatable bonds is 3. The summed E-state index contributed by atoms with van der Waals surface area (Å²) in [4.78, 5) is 28.3. The molecule has 118 valence electrons. The number of carbonyl (C=O) groups is 2. The van der Waals surface area contributed by atoms with Gasteiger partial charge in [-0.25, -0.2) is 0 Å². The molecule has 3 rings (SSSR count). The van der Waals surface area contributed by atoms with Gasteiger partial charge < -0.3 is 15.5 Å². The summed E-state index contributed by atoms with van der Waals surface area (Å²) in [7, 11) is 0. The highest BCUT2D eigenvalue weighted by Crippen LogP contribution is 2.32. The molecule has 0 aromatic heterocycles. The maximum absolute atomic E-state index is 12.4. The minimum Gasteiger partial charge on any atom is -0.339 e. The molecule has 0 atom stereocenters. The topological polar surface area (TPSA) is 66.6 Å². The number of hydrogen-bond donors (Lipinski definition) is 1. The molecule has 5 nitrogen and oxygen atoms in total. The fourth-order valence-corrected chi connectivity index (χ4v) is 3.61. The lowest BCUT2D eigenvalue weighted by Gasteiger charge is -2.38. The number of hydrogen-bond acceptors (Lipinski definition) is 3. The molecule has 2 aliphatic carbocycles. The van der Waals surface area contributed by atoms with Gasteiger partial charge in [0.1, 0.15) is 0 Å². The quantitative estimate of drug-likeness (QED) is 0.848. The average Bonchev–Trinajstić information content (AvgIpc) is 3.31. The van der Waals surface area contributed by atoms with Gasteiger partial charge in [-0.3, -0.25) is 9.59 Å². The molecule has 0 bridgehead atoms. The highest BCUT2D eigenvalue weighted by molar-refractivity contribution is 5.82. The Bertz CT molecular complexity index is 406. The van der Waals surface area contributed by atoms with E-state index in [9.17, 15) is 9.59 Å². The van der Waals surface area contributed by atoms with Crippen LogP contribution in [0.5, 0.6) is 0 Å². The van der Waals surface area contributed by atoms with Gasteiger partial charge in [0.05, 0.1) is 0 Å². The van der Waals surface area contributed by atoms with Crippen LogP contribution >= 0.6 is 0 Å². The Morgan fingerprint density at radius 3 is 2.10 bits per heavy atom. The maximum atomic E-state index is 12.4. The second kappa shape index (κ2) is 5.95. The fourth-order valence-electron chi connectivity index (χ4n) is 3.61. The van der Waals surface area contributed by atoms with E-state index in [0.29, 0.717) is 38.5 Å². The number of nitrogens with zero attached hydrogens (tertiary/aromatic N) is 2. The summed E-state index contributed by atoms with van der Waals surface area (Å²) in [6, 6.07) is 0. The van der Waals surface area contributed by atoms with Crippen LogP contribution in [-0.2, 0) is 9.59 Å². The van der Waals surface area contributed by atoms with Crippen molar-refractivity contribution in [1.82, 2.24) is 9.80 Å². The summed E-state index contributed by atoms with van der Waals surface area (Å²) >= 11 is 0. The van der Waals surface area contributed by atoms with Crippen LogP contribution in [0.1, 0.15) is 51.4 Å². The Morgan fingerprint density at radius 1 is 0.952 bits per heavy atom. The predicted molar refractivity (Wildman–Crippen MR) is 80.5 cm³/mol. The number of nitrogens with two attached hydrogens (primary N) is 1. The van der Waals surface area contributed by atoms with E-state index in [1.54, 1.807) is 0 Å². The number of carbonyl (C=O) groups excluding carboxylic acids is 2. The minimum atomic E-state index is -0.281. The highest BCUT2D eigenvalue weighted by atomic mass is 16.2. The molecular weight excluding hydrogens is 266 g/mol. The van der Waals surface area contributed by atoms with E-state index in [2.05, 4.69) is 0 Å². The lowest BCUT2D eigenvalue weighted by Crippen LogP contribution is -2.53. The first-order valence-electron chi connectivity index (χ1n) is 8.43. The van der Waals surface area contributed by atoms with Crippen LogP contribution in [0.15, 0.2) is 0 Å². The number of amides is 2. The Hall–Kier alpha value is -1.10. The molecular formula is C16H27N3O2. The molecule has 0 aromatic rings. The third-order valence-electron chi connectivity index (χ3n) is 5.22. The molecule has 1 heterocycles. The third-order valence-corrected chi connectivity index (χ3v) is 5.22. The van der Waals surface area contributed by atoms with E-state index in [0.717, 1.165) is 38.5 Å². The Balaban J connectivity index is 1.47. The molecule has 5 heteroatoms. The third kappa shape index (κ3) is 3.57. The van der Waals surface area contributed by atoms with Crippen molar-refractivity contribution < 1.29 is 9.59 Å². The van der Waals surface area contributed by atoms with Crippen LogP contribution < -0.4 is 5.73 Å². The molecule has 0 radical (unpaired) electrons. The van der Waals surface area contributed by atoms with Crippen molar-refractivity contribution in [3.05, 3.63) is 0 Å². The molecule has 2 N–H and O–H groups in total. The van der Waals surface area contributed by atoms with Gasteiger partial charge in [0.2, 0.25) is 11.8 Å². The smallest absolute Gasteiger partial charge is 0.225 e. The first-order chi connectivity index (χ1) is 10.1. The molecule has 0 unspecified atom stereocenters. The van der Waals surface area contributed by atoms with Gasteiger partial charge in [-0.1, -0.05) is 19.3 Å². The van der Waals surface area contributed by atoms with Crippen molar-refractivity contribution in [1.29, 1.82) is 0 Å². The fraction of sp³-hybridized carbons (Fsp3) is 0.875. The summed E-state index contributed by atoms with van der Waals surface area (Å²) in [5, 5.41) is 0. The molecule has 3 fully saturated rings. The first kappa shape index (κ1) is 14.8. The molecule has 0 aromatic carbocycles. The van der Waals surface area contributed by atoms with Crippen LogP contribution in [-0.4, -0.2) is 53.3 Å². The molecule has 2 amide bonds. The van der Waals surface area contributed by atoms with Crippen LogP contribution in [0.3, 0.4) is 0 Å². The van der Waals surface area contributed by atoms with Crippen molar-refractivity contribution in [2.75, 3.05) is 26.2 Å². The van der Waals surface area contributed by atoms with E-state index in [1.165, 1.54) is 6.42 Å². The zero-order valence-corrected chi connectivity index (χ0v) is 12.9. The largest absolute Gasteiger partial charge is 0.339 e. The summed E-state index contributed by atoms with van der Waals surface area (Å²) in [6.07, 6.45) is 8.05. The molecule has 0 spiro atoms. The van der Waals surface area contributed by atoms with Gasteiger partial charge in [0.25, 0.3) is 0 Å². The Labute approximate surface area is 126 Å². The maximum Gasteiger partial charge on any atom is 0.225 e. The molecule has 2 saturated carbocycles. The van der Waals surface area contributed by atoms with Gasteiger partial charge in [-0.2, -0.15) is 0 Å². The van der Waals surface area contributed by atoms with Gasteiger partial charge >= 0.3 is 0 Å². The molecule has 3 aliphatic rings. The lowest BCUT2D eigenvalue weighted by molar-refractivity contribution is -0.141. The van der Waals surface area contributed by atoms with Crippen molar-refractivity contribution in [2.45, 2.75) is 56.9 Å². The standard InChI is InChI=1S/C16H27N3O2/c17-16(6-2-1-3-7-16)12-14(20)18-8-10-19(11-9-18)15(21)13-4-5-13/h13H,1-12,17H2. The highest BCUT2D eigenvalue weighted by Gasteiger charge is 2.36. The minimum absolute atomic E-state index is 0.179. The second-order valence-electron chi connectivity index (χ2n) is 7.08. The zero-order chi connectivity index (χ0) is 14.9. The van der Waals surface area contributed by atoms with Crippen LogP contribution in [0.2, 0.25) is 0 Å². The van der Waals surface area contributed by atoms with Gasteiger partial charge in [-0.05, 0) is 25.7 Å². The molecule has 1 aliphatic heterocycles. The van der Waals surface area contributed by atoms with Gasteiger partial charge in [0.15, 0.2) is 0 Å². The Morgan fingerprint density at radius 2 is 1.52 bits per heavy atom. The van der Waals surface area contributed by atoms with E-state index in [-0.39, 0.29) is 17.4 Å². The second-order valence-corrected chi connectivity index (χ2v) is 7.08. The van der Waals surface area contributed by atoms with E-state index in [1.807, 2.05) is 9.80 Å². The summed E-state index contributed by atoms with van der Waals surface area (Å²) in [6.45, 7) is 2.73. The van der Waals surface area contributed by atoms with Gasteiger partial charge in [-0.15, -0.1) is 0 Å². The monoisotopic (exact) mass is 293 g/mol. The number of piperazine rings is 1.